The number of fused-ring (bicyclic) bond motifs is 3. The van der Waals surface area contributed by atoms with Crippen LogP contribution >= 0.6 is 0 Å². The summed E-state index contributed by atoms with van der Waals surface area (Å²) in [4.78, 5) is 0. The van der Waals surface area contributed by atoms with Crippen molar-refractivity contribution in [1.82, 2.24) is 4.57 Å². The molecule has 0 saturated carbocycles. The summed E-state index contributed by atoms with van der Waals surface area (Å²) in [6.45, 7) is 3.88. The lowest BCUT2D eigenvalue weighted by atomic mass is 9.91. The molecule has 0 aliphatic heterocycles. The van der Waals surface area contributed by atoms with Crippen LogP contribution in [0, 0.1) is 0 Å². The summed E-state index contributed by atoms with van der Waals surface area (Å²) in [7, 11) is 0. The highest BCUT2D eigenvalue weighted by Gasteiger charge is 2.21. The van der Waals surface area contributed by atoms with Crippen molar-refractivity contribution in [1.29, 1.82) is 0 Å². The van der Waals surface area contributed by atoms with Crippen molar-refractivity contribution in [2.24, 2.45) is 0 Å². The predicted octanol–water partition coefficient (Wildman–Crippen LogP) is 8.51. The van der Waals surface area contributed by atoms with Gasteiger partial charge in [-0.05, 0) is 65.8 Å². The number of allylic oxidation sites excluding steroid dienone is 1. The minimum Gasteiger partial charge on any atom is -0.313 e. The van der Waals surface area contributed by atoms with Crippen molar-refractivity contribution in [2.75, 3.05) is 0 Å². The Morgan fingerprint density at radius 3 is 2.18 bits per heavy atom. The summed E-state index contributed by atoms with van der Waals surface area (Å²) >= 11 is 0. The third-order valence-corrected chi connectivity index (χ3v) is 6.91. The van der Waals surface area contributed by atoms with Gasteiger partial charge in [0.25, 0.3) is 0 Å². The lowest BCUT2D eigenvalue weighted by molar-refractivity contribution is 0.835. The van der Waals surface area contributed by atoms with Gasteiger partial charge in [0.15, 0.2) is 0 Å². The molecule has 5 aromatic rings. The molecule has 1 heterocycles. The molecular formula is C33H27N. The van der Waals surface area contributed by atoms with Crippen LogP contribution in [0.2, 0.25) is 0 Å². The van der Waals surface area contributed by atoms with Crippen molar-refractivity contribution in [2.45, 2.75) is 19.3 Å². The zero-order valence-electron chi connectivity index (χ0n) is 19.2. The van der Waals surface area contributed by atoms with Crippen LogP contribution in [0.3, 0.4) is 0 Å². The third-order valence-electron chi connectivity index (χ3n) is 6.91. The molecule has 0 amide bonds. The standard InChI is InChI=1S/C33H27N/c1-2-24-13-16-27(17-14-24)28-18-20-33-31(23-28)30-22-26(21-25-9-5-3-6-10-25)15-19-32(30)34(33)29-11-7-4-8-12-29/h2-14,16-18,20,22-23H,1,15,19,21H2. The van der Waals surface area contributed by atoms with Gasteiger partial charge in [0.2, 0.25) is 0 Å². The Balaban J connectivity index is 1.52. The van der Waals surface area contributed by atoms with Gasteiger partial charge in [-0.15, -0.1) is 0 Å². The number of hydrogen-bond donors (Lipinski definition) is 0. The molecule has 1 aliphatic rings. The van der Waals surface area contributed by atoms with Crippen LogP contribution in [0.15, 0.2) is 115 Å². The first-order valence-electron chi connectivity index (χ1n) is 12.0. The van der Waals surface area contributed by atoms with Crippen LogP contribution in [0.4, 0.5) is 0 Å². The fourth-order valence-electron chi connectivity index (χ4n) is 5.19. The number of nitrogens with zero attached hydrogens (tertiary/aromatic N) is 1. The second kappa shape index (κ2) is 8.68. The number of aromatic nitrogens is 1. The Morgan fingerprint density at radius 2 is 1.44 bits per heavy atom. The molecule has 0 atom stereocenters. The monoisotopic (exact) mass is 437 g/mol. The zero-order valence-corrected chi connectivity index (χ0v) is 19.2. The normalized spacial score (nSPS) is 12.9. The van der Waals surface area contributed by atoms with Crippen molar-refractivity contribution < 1.29 is 0 Å². The van der Waals surface area contributed by atoms with Gasteiger partial charge in [-0.25, -0.2) is 0 Å². The van der Waals surface area contributed by atoms with E-state index in [0.29, 0.717) is 0 Å². The fraction of sp³-hybridized carbons (Fsp3) is 0.0909. The van der Waals surface area contributed by atoms with E-state index in [2.05, 4.69) is 120 Å². The second-order valence-electron chi connectivity index (χ2n) is 9.05. The molecule has 0 spiro atoms. The molecule has 0 bridgehead atoms. The molecular weight excluding hydrogens is 410 g/mol. The van der Waals surface area contributed by atoms with Gasteiger partial charge in [0.1, 0.15) is 0 Å². The smallest absolute Gasteiger partial charge is 0.0538 e. The van der Waals surface area contributed by atoms with Crippen LogP contribution in [-0.2, 0) is 12.8 Å². The number of benzene rings is 4. The highest BCUT2D eigenvalue weighted by molar-refractivity contribution is 5.96. The van der Waals surface area contributed by atoms with Gasteiger partial charge in [0.05, 0.1) is 5.52 Å². The molecule has 0 saturated heterocycles. The van der Waals surface area contributed by atoms with Crippen LogP contribution in [0.5, 0.6) is 0 Å². The highest BCUT2D eigenvalue weighted by Crippen LogP contribution is 2.38. The Morgan fingerprint density at radius 1 is 0.735 bits per heavy atom. The van der Waals surface area contributed by atoms with Gasteiger partial charge < -0.3 is 4.57 Å². The summed E-state index contributed by atoms with van der Waals surface area (Å²) in [6.07, 6.45) is 7.52. The van der Waals surface area contributed by atoms with Crippen LogP contribution in [0.25, 0.3) is 39.9 Å². The van der Waals surface area contributed by atoms with E-state index < -0.39 is 0 Å². The van der Waals surface area contributed by atoms with Gasteiger partial charge >= 0.3 is 0 Å². The quantitative estimate of drug-likeness (QED) is 0.260. The fourth-order valence-corrected chi connectivity index (χ4v) is 5.19. The second-order valence-corrected chi connectivity index (χ2v) is 9.05. The summed E-state index contributed by atoms with van der Waals surface area (Å²) in [6, 6.07) is 37.2. The van der Waals surface area contributed by atoms with Crippen molar-refractivity contribution in [3.8, 4) is 16.8 Å². The van der Waals surface area contributed by atoms with E-state index in [1.807, 2.05) is 6.08 Å². The third kappa shape index (κ3) is 3.70. The Kier molecular flexibility index (Phi) is 5.24. The maximum atomic E-state index is 3.88. The van der Waals surface area contributed by atoms with Crippen molar-refractivity contribution in [3.63, 3.8) is 0 Å². The molecule has 4 aromatic carbocycles. The molecule has 1 nitrogen and oxygen atoms in total. The number of para-hydroxylation sites is 1. The van der Waals surface area contributed by atoms with E-state index in [1.54, 1.807) is 0 Å². The first-order valence-corrected chi connectivity index (χ1v) is 12.0. The molecule has 1 heteroatoms. The van der Waals surface area contributed by atoms with Crippen LogP contribution in [0.1, 0.15) is 28.8 Å². The predicted molar refractivity (Wildman–Crippen MR) is 145 cm³/mol. The molecule has 0 radical (unpaired) electrons. The molecule has 1 aliphatic carbocycles. The number of rotatable bonds is 5. The molecule has 0 N–H and O–H groups in total. The average molecular weight is 438 g/mol. The molecule has 1 aromatic heterocycles. The minimum atomic E-state index is 1.01. The average Bonchev–Trinajstić information content (AvgIpc) is 3.23. The van der Waals surface area contributed by atoms with Crippen molar-refractivity contribution >= 4 is 23.1 Å². The van der Waals surface area contributed by atoms with Gasteiger partial charge in [-0.3, -0.25) is 0 Å². The summed E-state index contributed by atoms with van der Waals surface area (Å²) < 4.78 is 2.46. The Bertz CT molecular complexity index is 1500. The van der Waals surface area contributed by atoms with E-state index in [4.69, 9.17) is 0 Å². The first kappa shape index (κ1) is 20.5. The highest BCUT2D eigenvalue weighted by atomic mass is 15.0. The van der Waals surface area contributed by atoms with E-state index in [0.717, 1.165) is 24.8 Å². The molecule has 0 fully saturated rings. The van der Waals surface area contributed by atoms with E-state index in [-0.39, 0.29) is 0 Å². The Labute approximate surface area is 201 Å². The zero-order chi connectivity index (χ0) is 22.9. The lowest BCUT2D eigenvalue weighted by Gasteiger charge is -2.17. The summed E-state index contributed by atoms with van der Waals surface area (Å²) in [5, 5.41) is 1.33. The number of hydrogen-bond acceptors (Lipinski definition) is 0. The van der Waals surface area contributed by atoms with E-state index in [9.17, 15) is 0 Å². The van der Waals surface area contributed by atoms with Gasteiger partial charge in [-0.2, -0.15) is 0 Å². The van der Waals surface area contributed by atoms with Crippen LogP contribution in [-0.4, -0.2) is 4.57 Å². The topological polar surface area (TPSA) is 4.93 Å². The summed E-state index contributed by atoms with van der Waals surface area (Å²) in [5.74, 6) is 0. The molecule has 0 unspecified atom stereocenters. The van der Waals surface area contributed by atoms with Crippen molar-refractivity contribution in [3.05, 3.63) is 138 Å². The lowest BCUT2D eigenvalue weighted by Crippen LogP contribution is -2.06. The SMILES string of the molecule is C=Cc1ccc(-c2ccc3c(c2)c2c(n3-c3ccccc3)CCC(Cc3ccccc3)=C2)cc1. The molecule has 164 valence electrons. The van der Waals surface area contributed by atoms with E-state index in [1.165, 1.54) is 50.1 Å². The largest absolute Gasteiger partial charge is 0.313 e. The minimum absolute atomic E-state index is 1.01. The van der Waals surface area contributed by atoms with Gasteiger partial charge in [0, 0.05) is 22.3 Å². The summed E-state index contributed by atoms with van der Waals surface area (Å²) in [5.41, 5.74) is 11.8. The first-order chi connectivity index (χ1) is 16.8. The van der Waals surface area contributed by atoms with Gasteiger partial charge in [-0.1, -0.05) is 103 Å². The molecule has 34 heavy (non-hydrogen) atoms. The van der Waals surface area contributed by atoms with Crippen LogP contribution < -0.4 is 0 Å². The molecule has 6 rings (SSSR count). The van der Waals surface area contributed by atoms with E-state index >= 15 is 0 Å². The Hall–Kier alpha value is -4.10. The maximum absolute atomic E-state index is 3.88. The maximum Gasteiger partial charge on any atom is 0.0538 e.